The van der Waals surface area contributed by atoms with Crippen LogP contribution in [0.5, 0.6) is 0 Å². The molecule has 0 saturated carbocycles. The molecule has 3 rings (SSSR count). The lowest BCUT2D eigenvalue weighted by Crippen LogP contribution is -2.14. The zero-order chi connectivity index (χ0) is 15.9. The number of thiazole rings is 1. The van der Waals surface area contributed by atoms with Gasteiger partial charge in [-0.25, -0.2) is 17.8 Å². The van der Waals surface area contributed by atoms with Crippen molar-refractivity contribution < 1.29 is 12.8 Å². The van der Waals surface area contributed by atoms with Gasteiger partial charge >= 0.3 is 0 Å². The van der Waals surface area contributed by atoms with Crippen LogP contribution in [0.3, 0.4) is 0 Å². The van der Waals surface area contributed by atoms with Crippen LogP contribution in [0.1, 0.15) is 11.1 Å². The van der Waals surface area contributed by atoms with E-state index < -0.39 is 15.8 Å². The van der Waals surface area contributed by atoms with Crippen molar-refractivity contribution in [2.24, 2.45) is 0 Å². The molecule has 3 aromatic rings. The molecule has 0 aliphatic rings. The Labute approximate surface area is 131 Å². The summed E-state index contributed by atoms with van der Waals surface area (Å²) in [5, 5.41) is 0.229. The van der Waals surface area contributed by atoms with E-state index in [1.54, 1.807) is 0 Å². The molecule has 0 bridgehead atoms. The van der Waals surface area contributed by atoms with Gasteiger partial charge in [0, 0.05) is 0 Å². The molecule has 1 aromatic heterocycles. The van der Waals surface area contributed by atoms with Gasteiger partial charge in [-0.15, -0.1) is 0 Å². The topological polar surface area (TPSA) is 59.1 Å². The van der Waals surface area contributed by atoms with E-state index in [2.05, 4.69) is 9.71 Å². The first-order valence-electron chi connectivity index (χ1n) is 6.52. The fraction of sp³-hybridized carbons (Fsp3) is 0.133. The van der Waals surface area contributed by atoms with Crippen molar-refractivity contribution in [1.82, 2.24) is 4.98 Å². The van der Waals surface area contributed by atoms with Crippen LogP contribution in [0.2, 0.25) is 0 Å². The molecule has 114 valence electrons. The van der Waals surface area contributed by atoms with Gasteiger partial charge < -0.3 is 0 Å². The molecule has 0 fully saturated rings. The van der Waals surface area contributed by atoms with E-state index in [0.29, 0.717) is 0 Å². The van der Waals surface area contributed by atoms with Crippen molar-refractivity contribution in [1.29, 1.82) is 0 Å². The molecule has 0 atom stereocenters. The number of aromatic nitrogens is 1. The SMILES string of the molecule is Cc1cc(C)c2nc(NS(=O)(=O)c3ccccc3F)sc2c1. The summed E-state index contributed by atoms with van der Waals surface area (Å²) in [4.78, 5) is 3.91. The molecule has 22 heavy (non-hydrogen) atoms. The lowest BCUT2D eigenvalue weighted by Gasteiger charge is -2.05. The lowest BCUT2D eigenvalue weighted by molar-refractivity contribution is 0.570. The molecule has 4 nitrogen and oxygen atoms in total. The van der Waals surface area contributed by atoms with Crippen LogP contribution in [-0.4, -0.2) is 13.4 Å². The number of nitrogens with zero attached hydrogens (tertiary/aromatic N) is 1. The largest absolute Gasteiger partial charge is 0.266 e. The second kappa shape index (κ2) is 5.33. The molecule has 1 N–H and O–H groups in total. The quantitative estimate of drug-likeness (QED) is 0.790. The highest BCUT2D eigenvalue weighted by Gasteiger charge is 2.20. The van der Waals surface area contributed by atoms with Crippen molar-refractivity contribution in [2.75, 3.05) is 4.72 Å². The van der Waals surface area contributed by atoms with Crippen molar-refractivity contribution >= 4 is 36.7 Å². The monoisotopic (exact) mass is 336 g/mol. The van der Waals surface area contributed by atoms with Gasteiger partial charge in [0.05, 0.1) is 10.2 Å². The Morgan fingerprint density at radius 3 is 2.64 bits per heavy atom. The third kappa shape index (κ3) is 2.69. The average molecular weight is 336 g/mol. The van der Waals surface area contributed by atoms with E-state index in [1.165, 1.54) is 29.5 Å². The van der Waals surface area contributed by atoms with Gasteiger partial charge in [-0.05, 0) is 43.2 Å². The first kappa shape index (κ1) is 14.9. The molecule has 1 heterocycles. The fourth-order valence-electron chi connectivity index (χ4n) is 2.25. The van der Waals surface area contributed by atoms with Crippen LogP contribution in [0.25, 0.3) is 10.2 Å². The van der Waals surface area contributed by atoms with Crippen LogP contribution in [0.15, 0.2) is 41.3 Å². The van der Waals surface area contributed by atoms with Gasteiger partial charge in [-0.1, -0.05) is 29.5 Å². The standard InChI is InChI=1S/C15H13FN2O2S2/c1-9-7-10(2)14-12(8-9)21-15(17-14)18-22(19,20)13-6-4-3-5-11(13)16/h3-8H,1-2H3,(H,17,18). The second-order valence-corrected chi connectivity index (χ2v) is 7.66. The normalized spacial score (nSPS) is 11.8. The molecule has 0 saturated heterocycles. The summed E-state index contributed by atoms with van der Waals surface area (Å²) in [5.74, 6) is -0.789. The Kier molecular flexibility index (Phi) is 3.62. The molecule has 0 spiro atoms. The van der Waals surface area contributed by atoms with E-state index in [1.807, 2.05) is 26.0 Å². The number of benzene rings is 2. The van der Waals surface area contributed by atoms with Gasteiger partial charge in [0.25, 0.3) is 10.0 Å². The van der Waals surface area contributed by atoms with E-state index >= 15 is 0 Å². The van der Waals surface area contributed by atoms with E-state index in [9.17, 15) is 12.8 Å². The number of rotatable bonds is 3. The second-order valence-electron chi connectivity index (χ2n) is 4.98. The zero-order valence-electron chi connectivity index (χ0n) is 11.9. The van der Waals surface area contributed by atoms with Gasteiger partial charge in [-0.2, -0.15) is 0 Å². The molecule has 0 radical (unpaired) electrons. The highest BCUT2D eigenvalue weighted by molar-refractivity contribution is 7.93. The summed E-state index contributed by atoms with van der Waals surface area (Å²) in [6.45, 7) is 3.89. The third-order valence-electron chi connectivity index (χ3n) is 3.18. The van der Waals surface area contributed by atoms with Gasteiger partial charge in [0.2, 0.25) is 0 Å². The van der Waals surface area contributed by atoms with Crippen LogP contribution in [0, 0.1) is 19.7 Å². The highest BCUT2D eigenvalue weighted by atomic mass is 32.2. The number of halogens is 1. The van der Waals surface area contributed by atoms with Gasteiger partial charge in [0.15, 0.2) is 5.13 Å². The number of hydrogen-bond donors (Lipinski definition) is 1. The minimum atomic E-state index is -3.99. The predicted octanol–water partition coefficient (Wildman–Crippen LogP) is 3.85. The van der Waals surface area contributed by atoms with E-state index in [-0.39, 0.29) is 10.0 Å². The Morgan fingerprint density at radius 1 is 1.18 bits per heavy atom. The first-order chi connectivity index (χ1) is 10.4. The molecule has 0 unspecified atom stereocenters. The molecule has 0 aliphatic carbocycles. The van der Waals surface area contributed by atoms with Crippen molar-refractivity contribution in [3.8, 4) is 0 Å². The molecule has 2 aromatic carbocycles. The third-order valence-corrected chi connectivity index (χ3v) is 5.60. The number of aryl methyl sites for hydroxylation is 2. The Balaban J connectivity index is 2.03. The number of anilines is 1. The van der Waals surface area contributed by atoms with Crippen LogP contribution in [0.4, 0.5) is 9.52 Å². The summed E-state index contributed by atoms with van der Waals surface area (Å²) < 4.78 is 41.5. The fourth-order valence-corrected chi connectivity index (χ4v) is 4.60. The zero-order valence-corrected chi connectivity index (χ0v) is 13.6. The number of sulfonamides is 1. The number of hydrogen-bond acceptors (Lipinski definition) is 4. The van der Waals surface area contributed by atoms with Gasteiger partial charge in [0.1, 0.15) is 10.7 Å². The molecule has 0 amide bonds. The van der Waals surface area contributed by atoms with Crippen molar-refractivity contribution in [3.05, 3.63) is 53.3 Å². The van der Waals surface area contributed by atoms with Crippen LogP contribution < -0.4 is 4.72 Å². The Morgan fingerprint density at radius 2 is 1.91 bits per heavy atom. The molecular formula is C15H13FN2O2S2. The minimum absolute atomic E-state index is 0.229. The molecule has 7 heteroatoms. The summed E-state index contributed by atoms with van der Waals surface area (Å²) in [7, 11) is -3.99. The van der Waals surface area contributed by atoms with Crippen molar-refractivity contribution in [2.45, 2.75) is 18.7 Å². The molecule has 0 aliphatic heterocycles. The predicted molar refractivity (Wildman–Crippen MR) is 86.3 cm³/mol. The summed E-state index contributed by atoms with van der Waals surface area (Å²) >= 11 is 1.23. The first-order valence-corrected chi connectivity index (χ1v) is 8.82. The number of nitrogens with one attached hydrogen (secondary N) is 1. The maximum absolute atomic E-state index is 13.7. The van der Waals surface area contributed by atoms with Gasteiger partial charge in [-0.3, -0.25) is 4.72 Å². The molecular weight excluding hydrogens is 323 g/mol. The summed E-state index contributed by atoms with van der Waals surface area (Å²) in [6.07, 6.45) is 0. The summed E-state index contributed by atoms with van der Waals surface area (Å²) in [6, 6.07) is 9.18. The minimum Gasteiger partial charge on any atom is -0.255 e. The number of fused-ring (bicyclic) bond motifs is 1. The lowest BCUT2D eigenvalue weighted by atomic mass is 10.1. The van der Waals surface area contributed by atoms with Crippen LogP contribution >= 0.6 is 11.3 Å². The van der Waals surface area contributed by atoms with E-state index in [0.717, 1.165) is 27.4 Å². The van der Waals surface area contributed by atoms with E-state index in [4.69, 9.17) is 0 Å². The average Bonchev–Trinajstić information content (AvgIpc) is 2.80. The Hall–Kier alpha value is -1.99. The highest BCUT2D eigenvalue weighted by Crippen LogP contribution is 2.30. The maximum Gasteiger partial charge on any atom is 0.266 e. The summed E-state index contributed by atoms with van der Waals surface area (Å²) in [5.41, 5.74) is 2.81. The smallest absolute Gasteiger partial charge is 0.255 e. The maximum atomic E-state index is 13.7. The van der Waals surface area contributed by atoms with Crippen LogP contribution in [-0.2, 0) is 10.0 Å². The Bertz CT molecular complexity index is 965. The van der Waals surface area contributed by atoms with Crippen molar-refractivity contribution in [3.63, 3.8) is 0 Å².